The van der Waals surface area contributed by atoms with Gasteiger partial charge in [0.25, 0.3) is 0 Å². The zero-order valence-corrected chi connectivity index (χ0v) is 18.6. The Morgan fingerprint density at radius 2 is 2.03 bits per heavy atom. The second-order valence-electron chi connectivity index (χ2n) is 7.92. The average Bonchev–Trinajstić information content (AvgIpc) is 2.81. The molecule has 1 fully saturated rings. The lowest BCUT2D eigenvalue weighted by Gasteiger charge is -2.29. The summed E-state index contributed by atoms with van der Waals surface area (Å²) >= 11 is 6.09. The minimum atomic E-state index is -0.866. The topological polar surface area (TPSA) is 122 Å². The van der Waals surface area contributed by atoms with Crippen LogP contribution in [0.5, 0.6) is 17.2 Å². The Morgan fingerprint density at radius 3 is 2.73 bits per heavy atom. The van der Waals surface area contributed by atoms with Crippen molar-refractivity contribution >= 4 is 34.3 Å². The first-order valence-electron chi connectivity index (χ1n) is 10.6. The normalized spacial score (nSPS) is 14.1. The molecular weight excluding hydrogens is 444 g/mol. The summed E-state index contributed by atoms with van der Waals surface area (Å²) in [7, 11) is 0. The second-order valence-corrected chi connectivity index (χ2v) is 8.33. The number of halogens is 1. The van der Waals surface area contributed by atoms with Gasteiger partial charge >= 0.3 is 6.09 Å². The van der Waals surface area contributed by atoms with Crippen molar-refractivity contribution in [1.82, 2.24) is 9.88 Å². The number of pyridine rings is 1. The van der Waals surface area contributed by atoms with Crippen molar-refractivity contribution in [3.63, 3.8) is 0 Å². The Hall–Kier alpha value is -3.70. The Labute approximate surface area is 196 Å². The molecule has 170 valence electrons. The van der Waals surface area contributed by atoms with E-state index in [2.05, 4.69) is 11.1 Å². The van der Waals surface area contributed by atoms with Crippen molar-refractivity contribution < 1.29 is 19.4 Å². The Morgan fingerprint density at radius 1 is 1.24 bits per heavy atom. The van der Waals surface area contributed by atoms with Crippen molar-refractivity contribution in [2.45, 2.75) is 19.3 Å². The summed E-state index contributed by atoms with van der Waals surface area (Å²) in [5.74, 6) is 1.92. The minimum Gasteiger partial charge on any atom is -0.492 e. The van der Waals surface area contributed by atoms with Gasteiger partial charge in [0.2, 0.25) is 0 Å². The van der Waals surface area contributed by atoms with Gasteiger partial charge in [0, 0.05) is 36.8 Å². The molecule has 1 aromatic heterocycles. The average molecular weight is 467 g/mol. The standard InChI is InChI=1S/C24H23ClN4O4/c25-19-12-17(1-2-20(19)27)33-22-3-7-28-21-13-23(16(14-26)11-18(21)22)32-10-6-15-4-8-29(9-5-15)24(30)31/h1-3,7,11-13,15H,4-6,8-10,27H2,(H,30,31). The maximum absolute atomic E-state index is 11.0. The number of rotatable bonds is 6. The van der Waals surface area contributed by atoms with Gasteiger partial charge in [0.1, 0.15) is 23.3 Å². The Balaban J connectivity index is 1.47. The third-order valence-electron chi connectivity index (χ3n) is 5.79. The number of amides is 1. The van der Waals surface area contributed by atoms with Gasteiger partial charge in [0.15, 0.2) is 0 Å². The molecule has 0 bridgehead atoms. The monoisotopic (exact) mass is 466 g/mol. The molecule has 33 heavy (non-hydrogen) atoms. The van der Waals surface area contributed by atoms with Crippen molar-refractivity contribution in [2.75, 3.05) is 25.4 Å². The number of nitrogen functional groups attached to an aromatic ring is 1. The first-order valence-corrected chi connectivity index (χ1v) is 11.0. The molecule has 1 amide bonds. The number of ether oxygens (including phenoxy) is 2. The van der Waals surface area contributed by atoms with Crippen molar-refractivity contribution in [2.24, 2.45) is 5.92 Å². The maximum atomic E-state index is 11.0. The fourth-order valence-corrected chi connectivity index (χ4v) is 4.06. The lowest BCUT2D eigenvalue weighted by Crippen LogP contribution is -2.37. The van der Waals surface area contributed by atoms with Crippen LogP contribution >= 0.6 is 11.6 Å². The van der Waals surface area contributed by atoms with Gasteiger partial charge in [-0.05, 0) is 49.4 Å². The third-order valence-corrected chi connectivity index (χ3v) is 6.12. The highest BCUT2D eigenvalue weighted by atomic mass is 35.5. The summed E-state index contributed by atoms with van der Waals surface area (Å²) in [5, 5.41) is 19.8. The van der Waals surface area contributed by atoms with E-state index in [-0.39, 0.29) is 0 Å². The fourth-order valence-electron chi connectivity index (χ4n) is 3.89. The van der Waals surface area contributed by atoms with E-state index in [1.165, 1.54) is 4.90 Å². The van der Waals surface area contributed by atoms with Crippen LogP contribution in [-0.2, 0) is 0 Å². The molecule has 2 heterocycles. The van der Waals surface area contributed by atoms with Gasteiger partial charge in [-0.15, -0.1) is 0 Å². The van der Waals surface area contributed by atoms with Crippen LogP contribution in [0.15, 0.2) is 42.6 Å². The summed E-state index contributed by atoms with van der Waals surface area (Å²) in [6, 6.07) is 12.4. The van der Waals surface area contributed by atoms with Gasteiger partial charge < -0.3 is 25.2 Å². The number of anilines is 1. The molecule has 0 radical (unpaired) electrons. The van der Waals surface area contributed by atoms with Crippen LogP contribution in [0.25, 0.3) is 10.9 Å². The van der Waals surface area contributed by atoms with Crippen LogP contribution in [0.4, 0.5) is 10.5 Å². The number of aromatic nitrogens is 1. The molecular formula is C24H23ClN4O4. The Kier molecular flexibility index (Phi) is 6.71. The predicted octanol–water partition coefficient (Wildman–Crippen LogP) is 5.29. The van der Waals surface area contributed by atoms with Crippen LogP contribution in [0.3, 0.4) is 0 Å². The molecule has 1 saturated heterocycles. The molecule has 9 heteroatoms. The van der Waals surface area contributed by atoms with Crippen LogP contribution < -0.4 is 15.2 Å². The van der Waals surface area contributed by atoms with Gasteiger partial charge in [-0.3, -0.25) is 4.98 Å². The van der Waals surface area contributed by atoms with E-state index in [1.807, 2.05) is 0 Å². The molecule has 0 atom stereocenters. The number of likely N-dealkylation sites (tertiary alicyclic amines) is 1. The van der Waals surface area contributed by atoms with E-state index < -0.39 is 6.09 Å². The summed E-state index contributed by atoms with van der Waals surface area (Å²) in [6.07, 6.45) is 3.19. The number of nitrogens with zero attached hydrogens (tertiary/aromatic N) is 3. The highest BCUT2D eigenvalue weighted by molar-refractivity contribution is 6.33. The molecule has 3 aromatic rings. The van der Waals surface area contributed by atoms with E-state index in [9.17, 15) is 10.1 Å². The minimum absolute atomic E-state index is 0.386. The number of carbonyl (C=O) groups is 1. The SMILES string of the molecule is N#Cc1cc2c(Oc3ccc(N)c(Cl)c3)ccnc2cc1OCCC1CCN(C(=O)O)CC1. The molecule has 0 spiro atoms. The maximum Gasteiger partial charge on any atom is 0.407 e. The number of nitriles is 1. The second kappa shape index (κ2) is 9.84. The number of fused-ring (bicyclic) bond motifs is 1. The number of carboxylic acid groups (broad SMARTS) is 1. The van der Waals surface area contributed by atoms with Crippen molar-refractivity contribution in [3.05, 3.63) is 53.2 Å². The first-order chi connectivity index (χ1) is 15.9. The van der Waals surface area contributed by atoms with Crippen LogP contribution in [0, 0.1) is 17.2 Å². The smallest absolute Gasteiger partial charge is 0.407 e. The number of benzene rings is 2. The number of hydrogen-bond donors (Lipinski definition) is 2. The number of piperidine rings is 1. The van der Waals surface area contributed by atoms with E-state index in [0.717, 1.165) is 19.3 Å². The molecule has 3 N–H and O–H groups in total. The van der Waals surface area contributed by atoms with Crippen molar-refractivity contribution in [1.29, 1.82) is 5.26 Å². The van der Waals surface area contributed by atoms with Gasteiger partial charge in [0.05, 0.1) is 28.4 Å². The molecule has 0 saturated carbocycles. The molecule has 2 aromatic carbocycles. The summed E-state index contributed by atoms with van der Waals surface area (Å²) in [4.78, 5) is 16.9. The summed E-state index contributed by atoms with van der Waals surface area (Å²) in [6.45, 7) is 1.54. The van der Waals surface area contributed by atoms with Gasteiger partial charge in [-0.25, -0.2) is 4.79 Å². The summed E-state index contributed by atoms with van der Waals surface area (Å²) < 4.78 is 11.9. The molecule has 8 nitrogen and oxygen atoms in total. The fraction of sp³-hybridized carbons (Fsp3) is 0.292. The molecule has 0 aliphatic carbocycles. The highest BCUT2D eigenvalue weighted by Gasteiger charge is 2.22. The van der Waals surface area contributed by atoms with E-state index in [0.29, 0.717) is 70.0 Å². The van der Waals surface area contributed by atoms with Gasteiger partial charge in [-0.1, -0.05) is 11.6 Å². The molecule has 4 rings (SSSR count). The predicted molar refractivity (Wildman–Crippen MR) is 125 cm³/mol. The van der Waals surface area contributed by atoms with Crippen LogP contribution in [0.1, 0.15) is 24.8 Å². The lowest BCUT2D eigenvalue weighted by molar-refractivity contribution is 0.119. The molecule has 0 unspecified atom stereocenters. The van der Waals surface area contributed by atoms with E-state index in [1.54, 1.807) is 42.6 Å². The van der Waals surface area contributed by atoms with E-state index in [4.69, 9.17) is 31.9 Å². The zero-order valence-electron chi connectivity index (χ0n) is 17.8. The lowest BCUT2D eigenvalue weighted by atomic mass is 9.94. The number of hydrogen-bond acceptors (Lipinski definition) is 6. The van der Waals surface area contributed by atoms with Crippen LogP contribution in [0.2, 0.25) is 5.02 Å². The largest absolute Gasteiger partial charge is 0.492 e. The molecule has 1 aliphatic rings. The van der Waals surface area contributed by atoms with Crippen molar-refractivity contribution in [3.8, 4) is 23.3 Å². The highest BCUT2D eigenvalue weighted by Crippen LogP contribution is 2.35. The molecule has 1 aliphatic heterocycles. The Bertz CT molecular complexity index is 1220. The number of nitrogens with two attached hydrogens (primary N) is 1. The quantitative estimate of drug-likeness (QED) is 0.473. The van der Waals surface area contributed by atoms with Crippen LogP contribution in [-0.4, -0.2) is 40.8 Å². The van der Waals surface area contributed by atoms with Gasteiger partial charge in [-0.2, -0.15) is 5.26 Å². The summed E-state index contributed by atoms with van der Waals surface area (Å²) in [5.41, 5.74) is 7.24. The third kappa shape index (κ3) is 5.21. The first kappa shape index (κ1) is 22.5. The van der Waals surface area contributed by atoms with E-state index >= 15 is 0 Å². The zero-order chi connectivity index (χ0) is 23.4.